The molecule has 0 saturated carbocycles. The lowest BCUT2D eigenvalue weighted by Crippen LogP contribution is -2.38. The summed E-state index contributed by atoms with van der Waals surface area (Å²) >= 11 is 5.87. The van der Waals surface area contributed by atoms with Crippen LogP contribution in [0.5, 0.6) is 0 Å². The van der Waals surface area contributed by atoms with Crippen molar-refractivity contribution in [2.75, 3.05) is 13.1 Å². The monoisotopic (exact) mass is 329 g/mol. The lowest BCUT2D eigenvalue weighted by atomic mass is 10.0. The Morgan fingerprint density at radius 3 is 2.52 bits per heavy atom. The molecule has 0 atom stereocenters. The van der Waals surface area contributed by atoms with E-state index >= 15 is 0 Å². The lowest BCUT2D eigenvalue weighted by Gasteiger charge is -2.28. The Morgan fingerprint density at radius 2 is 2.00 bits per heavy atom. The number of sulfonamides is 1. The van der Waals surface area contributed by atoms with E-state index in [0.29, 0.717) is 12.8 Å². The summed E-state index contributed by atoms with van der Waals surface area (Å²) in [5.74, 6) is -0.183. The van der Waals surface area contributed by atoms with E-state index in [1.807, 2.05) is 0 Å². The largest absolute Gasteiger partial charge is 0.290 e. The molecule has 1 saturated heterocycles. The van der Waals surface area contributed by atoms with Crippen molar-refractivity contribution in [3.63, 3.8) is 0 Å². The highest BCUT2D eigenvalue weighted by atomic mass is 35.5. The molecule has 1 aromatic rings. The van der Waals surface area contributed by atoms with Crippen LogP contribution in [-0.2, 0) is 10.0 Å². The molecule has 1 aliphatic rings. The Balaban J connectivity index is 2.42. The Hall–Kier alpha value is -1.69. The molecule has 2 rings (SSSR count). The number of nitrogens with zero attached hydrogens (tertiary/aromatic N) is 3. The minimum atomic E-state index is -4.05. The van der Waals surface area contributed by atoms with E-state index in [9.17, 15) is 18.5 Å². The number of hydrogen-bond acceptors (Lipinski definition) is 5. The molecule has 21 heavy (non-hydrogen) atoms. The van der Waals surface area contributed by atoms with Crippen molar-refractivity contribution in [2.24, 2.45) is 5.92 Å². The van der Waals surface area contributed by atoms with Gasteiger partial charge in [0.25, 0.3) is 15.7 Å². The molecule has 0 radical (unpaired) electrons. The third-order valence-corrected chi connectivity index (χ3v) is 5.79. The minimum absolute atomic E-state index is 0.156. The highest BCUT2D eigenvalue weighted by molar-refractivity contribution is 7.89. The highest BCUT2D eigenvalue weighted by Gasteiger charge is 2.36. The molecule has 1 aliphatic heterocycles. The van der Waals surface area contributed by atoms with Gasteiger partial charge in [-0.05, 0) is 18.9 Å². The SMILES string of the molecule is N#CC1CCN(S(=O)(=O)c2c(Cl)cccc2[N+](=O)[O-])CC1. The van der Waals surface area contributed by atoms with E-state index in [2.05, 4.69) is 6.07 Å². The fourth-order valence-electron chi connectivity index (χ4n) is 2.25. The van der Waals surface area contributed by atoms with Crippen LogP contribution in [0.2, 0.25) is 5.02 Å². The van der Waals surface area contributed by atoms with E-state index in [4.69, 9.17) is 16.9 Å². The van der Waals surface area contributed by atoms with Crippen molar-refractivity contribution in [3.05, 3.63) is 33.3 Å². The molecule has 7 nitrogen and oxygen atoms in total. The Bertz CT molecular complexity index is 706. The van der Waals surface area contributed by atoms with E-state index in [0.717, 1.165) is 10.4 Å². The summed E-state index contributed by atoms with van der Waals surface area (Å²) in [4.78, 5) is 9.78. The Labute approximate surface area is 126 Å². The number of nitriles is 1. The number of benzene rings is 1. The molecule has 0 unspecified atom stereocenters. The predicted molar refractivity (Wildman–Crippen MR) is 75.2 cm³/mol. The smallest absolute Gasteiger partial charge is 0.258 e. The molecule has 9 heteroatoms. The molecule has 0 bridgehead atoms. The van der Waals surface area contributed by atoms with Crippen LogP contribution in [0.4, 0.5) is 5.69 Å². The first-order chi connectivity index (χ1) is 9.87. The number of nitro benzene ring substituents is 1. The minimum Gasteiger partial charge on any atom is -0.258 e. The van der Waals surface area contributed by atoms with Crippen LogP contribution >= 0.6 is 11.6 Å². The zero-order valence-electron chi connectivity index (χ0n) is 10.9. The molecule has 1 aromatic carbocycles. The van der Waals surface area contributed by atoms with Gasteiger partial charge in [0.2, 0.25) is 0 Å². The third kappa shape index (κ3) is 3.00. The molecule has 1 heterocycles. The first-order valence-electron chi connectivity index (χ1n) is 6.20. The van der Waals surface area contributed by atoms with Gasteiger partial charge in [0.05, 0.1) is 16.0 Å². The Kier molecular flexibility index (Phi) is 4.46. The first kappa shape index (κ1) is 15.7. The molecular formula is C12H12ClN3O4S. The second kappa shape index (κ2) is 5.97. The van der Waals surface area contributed by atoms with Crippen LogP contribution in [0, 0.1) is 27.4 Å². The molecule has 0 aromatic heterocycles. The number of hydrogen-bond donors (Lipinski definition) is 0. The van der Waals surface area contributed by atoms with Crippen molar-refractivity contribution in [3.8, 4) is 6.07 Å². The summed E-state index contributed by atoms with van der Waals surface area (Å²) in [7, 11) is -4.05. The summed E-state index contributed by atoms with van der Waals surface area (Å²) in [6, 6.07) is 5.86. The molecular weight excluding hydrogens is 318 g/mol. The Morgan fingerprint density at radius 1 is 1.38 bits per heavy atom. The maximum atomic E-state index is 12.6. The van der Waals surface area contributed by atoms with Gasteiger partial charge in [0.15, 0.2) is 4.90 Å². The van der Waals surface area contributed by atoms with Crippen molar-refractivity contribution in [1.29, 1.82) is 5.26 Å². The van der Waals surface area contributed by atoms with Crippen LogP contribution in [0.15, 0.2) is 23.1 Å². The fourth-order valence-corrected chi connectivity index (χ4v) is 4.38. The van der Waals surface area contributed by atoms with Crippen molar-refractivity contribution >= 4 is 27.3 Å². The van der Waals surface area contributed by atoms with E-state index in [-0.39, 0.29) is 24.0 Å². The van der Waals surface area contributed by atoms with Crippen LogP contribution in [0.1, 0.15) is 12.8 Å². The summed E-state index contributed by atoms with van der Waals surface area (Å²) in [6.45, 7) is 0.311. The molecule has 0 amide bonds. The lowest BCUT2D eigenvalue weighted by molar-refractivity contribution is -0.387. The number of nitro groups is 1. The van der Waals surface area contributed by atoms with Gasteiger partial charge < -0.3 is 0 Å². The third-order valence-electron chi connectivity index (χ3n) is 3.38. The summed E-state index contributed by atoms with van der Waals surface area (Å²) < 4.78 is 26.3. The predicted octanol–water partition coefficient (Wildman–Crippen LogP) is 2.17. The molecule has 1 fully saturated rings. The van der Waals surface area contributed by atoms with Crippen molar-refractivity contribution in [1.82, 2.24) is 4.31 Å². The van der Waals surface area contributed by atoms with Gasteiger partial charge >= 0.3 is 0 Å². The van der Waals surface area contributed by atoms with Gasteiger partial charge in [-0.3, -0.25) is 10.1 Å². The van der Waals surface area contributed by atoms with Crippen molar-refractivity contribution in [2.45, 2.75) is 17.7 Å². The number of halogens is 1. The second-order valence-electron chi connectivity index (χ2n) is 4.65. The van der Waals surface area contributed by atoms with Crippen LogP contribution in [0.25, 0.3) is 0 Å². The summed E-state index contributed by atoms with van der Waals surface area (Å²) in [5.41, 5.74) is -0.537. The van der Waals surface area contributed by atoms with E-state index in [1.165, 1.54) is 12.1 Å². The molecule has 0 spiro atoms. The quantitative estimate of drug-likeness (QED) is 0.624. The number of rotatable bonds is 3. The fraction of sp³-hybridized carbons (Fsp3) is 0.417. The first-order valence-corrected chi connectivity index (χ1v) is 8.02. The second-order valence-corrected chi connectivity index (χ2v) is 6.93. The zero-order valence-corrected chi connectivity index (χ0v) is 12.5. The standard InChI is InChI=1S/C12H12ClN3O4S/c13-10-2-1-3-11(16(17)18)12(10)21(19,20)15-6-4-9(8-14)5-7-15/h1-3,9H,4-7H2. The van der Waals surface area contributed by atoms with Gasteiger partial charge in [0, 0.05) is 25.1 Å². The van der Waals surface area contributed by atoms with Gasteiger partial charge in [-0.1, -0.05) is 17.7 Å². The average Bonchev–Trinajstić information content (AvgIpc) is 2.46. The maximum absolute atomic E-state index is 12.6. The van der Waals surface area contributed by atoms with Gasteiger partial charge in [-0.15, -0.1) is 0 Å². The van der Waals surface area contributed by atoms with Gasteiger partial charge in [-0.25, -0.2) is 8.42 Å². The van der Waals surface area contributed by atoms with Crippen molar-refractivity contribution < 1.29 is 13.3 Å². The molecule has 0 aliphatic carbocycles. The average molecular weight is 330 g/mol. The number of piperidine rings is 1. The highest BCUT2D eigenvalue weighted by Crippen LogP contribution is 2.34. The summed E-state index contributed by atoms with van der Waals surface area (Å²) in [5, 5.41) is 19.7. The topological polar surface area (TPSA) is 104 Å². The zero-order chi connectivity index (χ0) is 15.6. The van der Waals surface area contributed by atoms with Crippen LogP contribution in [-0.4, -0.2) is 30.7 Å². The normalized spacial score (nSPS) is 17.3. The molecule has 0 N–H and O–H groups in total. The summed E-state index contributed by atoms with van der Waals surface area (Å²) in [6.07, 6.45) is 0.821. The molecule has 112 valence electrons. The van der Waals surface area contributed by atoms with E-state index in [1.54, 1.807) is 0 Å². The van der Waals surface area contributed by atoms with Gasteiger partial charge in [-0.2, -0.15) is 9.57 Å². The van der Waals surface area contributed by atoms with E-state index < -0.39 is 25.5 Å². The van der Waals surface area contributed by atoms with Gasteiger partial charge in [0.1, 0.15) is 0 Å². The maximum Gasteiger partial charge on any atom is 0.290 e. The van der Waals surface area contributed by atoms with Crippen LogP contribution in [0.3, 0.4) is 0 Å². The van der Waals surface area contributed by atoms with Crippen LogP contribution < -0.4 is 0 Å².